The van der Waals surface area contributed by atoms with Gasteiger partial charge in [-0.05, 0) is 12.1 Å². The highest BCUT2D eigenvalue weighted by molar-refractivity contribution is 5.40. The molecule has 2 aliphatic heterocycles. The molecule has 0 spiro atoms. The maximum absolute atomic E-state index is 10.0. The monoisotopic (exact) mass is 310 g/mol. The number of benzene rings is 1. The molecule has 0 radical (unpaired) electrons. The topological polar surface area (TPSA) is 61.6 Å². The lowest BCUT2D eigenvalue weighted by molar-refractivity contribution is -0.911. The zero-order valence-corrected chi connectivity index (χ0v) is 12.7. The third-order valence-corrected chi connectivity index (χ3v) is 3.91. The first-order chi connectivity index (χ1) is 10.8. The molecule has 0 bridgehead atoms. The third kappa shape index (κ3) is 4.33. The highest BCUT2D eigenvalue weighted by Crippen LogP contribution is 2.30. The number of nitrogens with one attached hydrogen (secondary N) is 1. The van der Waals surface area contributed by atoms with E-state index >= 15 is 0 Å². The van der Waals surface area contributed by atoms with Crippen LogP contribution in [-0.2, 0) is 9.47 Å². The Morgan fingerprint density at radius 1 is 1.23 bits per heavy atom. The summed E-state index contributed by atoms with van der Waals surface area (Å²) in [4.78, 5) is 1.37. The summed E-state index contributed by atoms with van der Waals surface area (Å²) in [6.45, 7) is 5.37. The fraction of sp³-hybridized carbons (Fsp3) is 0.625. The van der Waals surface area contributed by atoms with Crippen LogP contribution in [0.1, 0.15) is 0 Å². The molecule has 122 valence electrons. The van der Waals surface area contributed by atoms with Gasteiger partial charge in [-0.3, -0.25) is 0 Å². The molecule has 1 aromatic carbocycles. The summed E-state index contributed by atoms with van der Waals surface area (Å²) < 4.78 is 22.3. The van der Waals surface area contributed by atoms with Gasteiger partial charge in [0, 0.05) is 0 Å². The smallest absolute Gasteiger partial charge is 0.161 e. The normalized spacial score (nSPS) is 23.2. The van der Waals surface area contributed by atoms with Crippen LogP contribution in [0, 0.1) is 0 Å². The molecule has 6 nitrogen and oxygen atoms in total. The molecular weight excluding hydrogens is 286 g/mol. The molecule has 3 rings (SSSR count). The summed E-state index contributed by atoms with van der Waals surface area (Å²) >= 11 is 0. The van der Waals surface area contributed by atoms with Gasteiger partial charge in [-0.2, -0.15) is 0 Å². The Balaban J connectivity index is 1.35. The van der Waals surface area contributed by atoms with Crippen molar-refractivity contribution in [3.63, 3.8) is 0 Å². The standard InChI is InChI=1S/C16H23NO5/c18-13(9-17-5-7-19-8-6-17)10-20-11-14-12-21-15-3-1-2-4-16(15)22-14/h1-4,13-14,18H,5-12H2/p+1. The van der Waals surface area contributed by atoms with Crippen molar-refractivity contribution < 1.29 is 29.0 Å². The molecule has 22 heavy (non-hydrogen) atoms. The number of para-hydroxylation sites is 2. The second kappa shape index (κ2) is 7.78. The fourth-order valence-corrected chi connectivity index (χ4v) is 2.74. The molecule has 2 unspecified atom stereocenters. The van der Waals surface area contributed by atoms with Gasteiger partial charge in [-0.1, -0.05) is 12.1 Å². The van der Waals surface area contributed by atoms with Crippen molar-refractivity contribution in [3.8, 4) is 11.5 Å². The van der Waals surface area contributed by atoms with E-state index in [0.29, 0.717) is 26.4 Å². The Bertz CT molecular complexity index is 464. The number of aliphatic hydroxyl groups excluding tert-OH is 1. The van der Waals surface area contributed by atoms with Gasteiger partial charge in [-0.15, -0.1) is 0 Å². The van der Waals surface area contributed by atoms with E-state index < -0.39 is 6.10 Å². The molecule has 1 aromatic rings. The Labute approximate surface area is 130 Å². The number of ether oxygens (including phenoxy) is 4. The number of hydrogen-bond acceptors (Lipinski definition) is 5. The molecule has 2 heterocycles. The van der Waals surface area contributed by atoms with Crippen molar-refractivity contribution >= 4 is 0 Å². The van der Waals surface area contributed by atoms with E-state index in [1.54, 1.807) is 0 Å². The Hall–Kier alpha value is -1.34. The largest absolute Gasteiger partial charge is 0.486 e. The first-order valence-electron chi connectivity index (χ1n) is 7.87. The lowest BCUT2D eigenvalue weighted by Crippen LogP contribution is -3.15. The highest BCUT2D eigenvalue weighted by Gasteiger charge is 2.22. The van der Waals surface area contributed by atoms with Crippen LogP contribution in [0.5, 0.6) is 11.5 Å². The molecule has 1 saturated heterocycles. The van der Waals surface area contributed by atoms with E-state index in [9.17, 15) is 5.11 Å². The first-order valence-corrected chi connectivity index (χ1v) is 7.87. The minimum absolute atomic E-state index is 0.127. The van der Waals surface area contributed by atoms with Gasteiger partial charge < -0.3 is 29.0 Å². The summed E-state index contributed by atoms with van der Waals surface area (Å²) in [5.41, 5.74) is 0. The molecule has 6 heteroatoms. The molecule has 2 N–H and O–H groups in total. The number of morpholine rings is 1. The molecule has 0 amide bonds. The molecule has 0 saturated carbocycles. The van der Waals surface area contributed by atoms with Crippen LogP contribution in [0.3, 0.4) is 0 Å². The number of fused-ring (bicyclic) bond motifs is 1. The van der Waals surface area contributed by atoms with Crippen molar-refractivity contribution in [2.75, 3.05) is 52.7 Å². The summed E-state index contributed by atoms with van der Waals surface area (Å²) in [6, 6.07) is 7.61. The number of rotatable bonds is 6. The lowest BCUT2D eigenvalue weighted by Gasteiger charge is -2.27. The Kier molecular flexibility index (Phi) is 5.50. The van der Waals surface area contributed by atoms with Crippen LogP contribution < -0.4 is 14.4 Å². The molecule has 2 atom stereocenters. The number of hydrogen-bond donors (Lipinski definition) is 2. The van der Waals surface area contributed by atoms with E-state index in [4.69, 9.17) is 18.9 Å². The molecule has 0 aliphatic carbocycles. The van der Waals surface area contributed by atoms with Gasteiger partial charge in [0.25, 0.3) is 0 Å². The van der Waals surface area contributed by atoms with Crippen LogP contribution in [0.2, 0.25) is 0 Å². The summed E-state index contributed by atoms with van der Waals surface area (Å²) in [6.07, 6.45) is -0.581. The van der Waals surface area contributed by atoms with Gasteiger partial charge >= 0.3 is 0 Å². The predicted molar refractivity (Wildman–Crippen MR) is 79.6 cm³/mol. The summed E-state index contributed by atoms with van der Waals surface area (Å²) in [7, 11) is 0. The third-order valence-electron chi connectivity index (χ3n) is 3.91. The minimum Gasteiger partial charge on any atom is -0.486 e. The number of quaternary nitrogens is 1. The van der Waals surface area contributed by atoms with Crippen LogP contribution in [0.4, 0.5) is 0 Å². The second-order valence-electron chi connectivity index (χ2n) is 5.76. The van der Waals surface area contributed by atoms with E-state index in [-0.39, 0.29) is 6.10 Å². The first kappa shape index (κ1) is 15.6. The van der Waals surface area contributed by atoms with Crippen molar-refractivity contribution in [2.24, 2.45) is 0 Å². The highest BCUT2D eigenvalue weighted by atomic mass is 16.6. The number of aliphatic hydroxyl groups is 1. The Morgan fingerprint density at radius 3 is 2.82 bits per heavy atom. The van der Waals surface area contributed by atoms with Crippen LogP contribution in [-0.4, -0.2) is 70.0 Å². The Morgan fingerprint density at radius 2 is 2.00 bits per heavy atom. The van der Waals surface area contributed by atoms with Crippen molar-refractivity contribution in [3.05, 3.63) is 24.3 Å². The van der Waals surface area contributed by atoms with Crippen molar-refractivity contribution in [1.82, 2.24) is 0 Å². The average molecular weight is 310 g/mol. The average Bonchev–Trinajstić information content (AvgIpc) is 2.55. The molecule has 0 aromatic heterocycles. The van der Waals surface area contributed by atoms with Crippen molar-refractivity contribution in [1.29, 1.82) is 0 Å². The van der Waals surface area contributed by atoms with Gasteiger partial charge in [-0.25, -0.2) is 0 Å². The van der Waals surface area contributed by atoms with E-state index in [1.807, 2.05) is 24.3 Å². The van der Waals surface area contributed by atoms with Crippen LogP contribution in [0.15, 0.2) is 24.3 Å². The maximum Gasteiger partial charge on any atom is 0.161 e. The SMILES string of the molecule is OC(COCC1COc2ccccc2O1)C[NH+]1CCOCC1. The zero-order valence-electron chi connectivity index (χ0n) is 12.7. The fourth-order valence-electron chi connectivity index (χ4n) is 2.74. The quantitative estimate of drug-likeness (QED) is 0.714. The predicted octanol–water partition coefficient (Wildman–Crippen LogP) is -0.881. The lowest BCUT2D eigenvalue weighted by atomic mass is 10.2. The van der Waals surface area contributed by atoms with Gasteiger partial charge in [0.1, 0.15) is 32.3 Å². The van der Waals surface area contributed by atoms with Gasteiger partial charge in [0.05, 0.1) is 26.4 Å². The van der Waals surface area contributed by atoms with Crippen molar-refractivity contribution in [2.45, 2.75) is 12.2 Å². The molecule has 2 aliphatic rings. The van der Waals surface area contributed by atoms with Gasteiger partial charge in [0.2, 0.25) is 0 Å². The van der Waals surface area contributed by atoms with Crippen LogP contribution in [0.25, 0.3) is 0 Å². The zero-order chi connectivity index (χ0) is 15.2. The van der Waals surface area contributed by atoms with E-state index in [0.717, 1.165) is 37.8 Å². The maximum atomic E-state index is 10.0. The van der Waals surface area contributed by atoms with E-state index in [2.05, 4.69) is 0 Å². The van der Waals surface area contributed by atoms with Gasteiger partial charge in [0.15, 0.2) is 17.6 Å². The minimum atomic E-state index is -0.454. The van der Waals surface area contributed by atoms with E-state index in [1.165, 1.54) is 4.90 Å². The summed E-state index contributed by atoms with van der Waals surface area (Å²) in [5, 5.41) is 10.0. The second-order valence-corrected chi connectivity index (χ2v) is 5.76. The van der Waals surface area contributed by atoms with Crippen LogP contribution >= 0.6 is 0 Å². The summed E-state index contributed by atoms with van der Waals surface area (Å²) in [5.74, 6) is 1.52. The molecule has 1 fully saturated rings. The molecular formula is C16H24NO5+.